The van der Waals surface area contributed by atoms with E-state index in [1.54, 1.807) is 0 Å². The van der Waals surface area contributed by atoms with Crippen LogP contribution in [0.3, 0.4) is 0 Å². The Balaban J connectivity index is 2.36. The van der Waals surface area contributed by atoms with E-state index in [0.29, 0.717) is 12.2 Å². The molecule has 150 valence electrons. The molecule has 1 heterocycles. The Morgan fingerprint density at radius 2 is 1.89 bits per heavy atom. The maximum Gasteiger partial charge on any atom is 0.404 e. The molecule has 28 heavy (non-hydrogen) atoms. The first kappa shape index (κ1) is 21.1. The second kappa shape index (κ2) is 9.16. The number of aromatic nitrogens is 2. The molecule has 8 heteroatoms. The number of hydrogen-bond acceptors (Lipinski definition) is 6. The van der Waals surface area contributed by atoms with Crippen LogP contribution in [0.15, 0.2) is 24.3 Å². The van der Waals surface area contributed by atoms with Crippen molar-refractivity contribution in [3.8, 4) is 0 Å². The van der Waals surface area contributed by atoms with Gasteiger partial charge in [-0.05, 0) is 30.0 Å². The van der Waals surface area contributed by atoms with Crippen LogP contribution in [-0.4, -0.2) is 28.6 Å². The summed E-state index contributed by atoms with van der Waals surface area (Å²) in [4.78, 5) is 31.8. The van der Waals surface area contributed by atoms with Gasteiger partial charge in [-0.1, -0.05) is 39.8 Å². The lowest BCUT2D eigenvalue weighted by Gasteiger charge is -2.17. The zero-order chi connectivity index (χ0) is 20.8. The van der Waals surface area contributed by atoms with E-state index in [0.717, 1.165) is 22.6 Å². The van der Waals surface area contributed by atoms with E-state index in [4.69, 9.17) is 16.2 Å². The SMILES string of the molecule is CCc1nc(C(N)=O)c(Nc2cccc([C@@H](C)COC(N)=O)c2)nc1C(C)C. The Bertz CT molecular complexity index is 867. The molecule has 0 saturated carbocycles. The maximum absolute atomic E-state index is 11.9. The number of rotatable bonds is 8. The number of anilines is 2. The van der Waals surface area contributed by atoms with Crippen LogP contribution in [0.1, 0.15) is 67.0 Å². The minimum atomic E-state index is -0.806. The summed E-state index contributed by atoms with van der Waals surface area (Å²) in [5.74, 6) is -0.210. The summed E-state index contributed by atoms with van der Waals surface area (Å²) in [6, 6.07) is 7.52. The summed E-state index contributed by atoms with van der Waals surface area (Å²) in [6.45, 7) is 8.11. The van der Waals surface area contributed by atoms with Crippen LogP contribution in [0.25, 0.3) is 0 Å². The van der Waals surface area contributed by atoms with Gasteiger partial charge in [0.05, 0.1) is 18.0 Å². The zero-order valence-electron chi connectivity index (χ0n) is 16.7. The largest absolute Gasteiger partial charge is 0.449 e. The first-order valence-corrected chi connectivity index (χ1v) is 9.22. The number of nitrogens with two attached hydrogens (primary N) is 2. The second-order valence-corrected chi connectivity index (χ2v) is 6.91. The molecule has 1 aromatic carbocycles. The van der Waals surface area contributed by atoms with Crippen molar-refractivity contribution in [2.45, 2.75) is 46.0 Å². The minimum absolute atomic E-state index is 0.0513. The number of nitrogens with zero attached hydrogens (tertiary/aromatic N) is 2. The number of carbonyl (C=O) groups excluding carboxylic acids is 2. The lowest BCUT2D eigenvalue weighted by atomic mass is 10.0. The summed E-state index contributed by atoms with van der Waals surface area (Å²) in [7, 11) is 0. The van der Waals surface area contributed by atoms with Gasteiger partial charge in [0.1, 0.15) is 0 Å². The Labute approximate surface area is 164 Å². The Hall–Kier alpha value is -3.16. The number of benzene rings is 1. The van der Waals surface area contributed by atoms with Crippen molar-refractivity contribution in [2.24, 2.45) is 11.5 Å². The molecule has 2 aromatic rings. The van der Waals surface area contributed by atoms with E-state index >= 15 is 0 Å². The molecule has 0 aliphatic rings. The number of carbonyl (C=O) groups is 2. The van der Waals surface area contributed by atoms with Crippen molar-refractivity contribution in [2.75, 3.05) is 11.9 Å². The van der Waals surface area contributed by atoms with Gasteiger partial charge < -0.3 is 21.5 Å². The van der Waals surface area contributed by atoms with Gasteiger partial charge in [-0.3, -0.25) is 4.79 Å². The van der Waals surface area contributed by atoms with Gasteiger partial charge in [-0.2, -0.15) is 0 Å². The molecule has 0 fully saturated rings. The topological polar surface area (TPSA) is 133 Å². The Kier molecular flexibility index (Phi) is 6.92. The van der Waals surface area contributed by atoms with Gasteiger partial charge in [0, 0.05) is 11.6 Å². The number of aryl methyl sites for hydroxylation is 1. The lowest BCUT2D eigenvalue weighted by molar-refractivity contribution is 0.0995. The predicted octanol–water partition coefficient (Wildman–Crippen LogP) is 3.20. The summed E-state index contributed by atoms with van der Waals surface area (Å²) in [6.07, 6.45) is -0.145. The van der Waals surface area contributed by atoms with Crippen LogP contribution >= 0.6 is 0 Å². The van der Waals surface area contributed by atoms with Gasteiger partial charge in [-0.15, -0.1) is 0 Å². The highest BCUT2D eigenvalue weighted by Gasteiger charge is 2.19. The van der Waals surface area contributed by atoms with Crippen LogP contribution in [-0.2, 0) is 11.2 Å². The predicted molar refractivity (Wildman–Crippen MR) is 108 cm³/mol. The fourth-order valence-corrected chi connectivity index (χ4v) is 2.83. The third-order valence-electron chi connectivity index (χ3n) is 4.31. The molecule has 5 N–H and O–H groups in total. The summed E-state index contributed by atoms with van der Waals surface area (Å²) in [5, 5.41) is 3.15. The van der Waals surface area contributed by atoms with Gasteiger partial charge in [0.2, 0.25) is 0 Å². The molecular weight excluding hydrogens is 358 g/mol. The van der Waals surface area contributed by atoms with Crippen LogP contribution in [0.5, 0.6) is 0 Å². The molecule has 0 unspecified atom stereocenters. The van der Waals surface area contributed by atoms with Crippen LogP contribution in [0.2, 0.25) is 0 Å². The molecule has 1 aromatic heterocycles. The lowest BCUT2D eigenvalue weighted by Crippen LogP contribution is -2.19. The average molecular weight is 385 g/mol. The Morgan fingerprint density at radius 1 is 1.18 bits per heavy atom. The molecule has 0 aliphatic carbocycles. The number of nitrogens with one attached hydrogen (secondary N) is 1. The molecule has 0 radical (unpaired) electrons. The van der Waals surface area contributed by atoms with Gasteiger partial charge in [-0.25, -0.2) is 14.8 Å². The van der Waals surface area contributed by atoms with Crippen molar-refractivity contribution in [1.82, 2.24) is 9.97 Å². The highest BCUT2D eigenvalue weighted by Crippen LogP contribution is 2.26. The first-order valence-electron chi connectivity index (χ1n) is 9.22. The number of primary amides is 2. The molecule has 1 atom stereocenters. The summed E-state index contributed by atoms with van der Waals surface area (Å²) < 4.78 is 4.87. The molecule has 8 nitrogen and oxygen atoms in total. The van der Waals surface area contributed by atoms with Crippen molar-refractivity contribution >= 4 is 23.5 Å². The van der Waals surface area contributed by atoms with Crippen LogP contribution in [0.4, 0.5) is 16.3 Å². The molecule has 2 amide bonds. The molecule has 0 aliphatic heterocycles. The van der Waals surface area contributed by atoms with Crippen molar-refractivity contribution < 1.29 is 14.3 Å². The van der Waals surface area contributed by atoms with Gasteiger partial charge >= 0.3 is 6.09 Å². The van der Waals surface area contributed by atoms with Gasteiger partial charge in [0.15, 0.2) is 11.5 Å². The van der Waals surface area contributed by atoms with Crippen molar-refractivity contribution in [1.29, 1.82) is 0 Å². The zero-order valence-corrected chi connectivity index (χ0v) is 16.7. The smallest absolute Gasteiger partial charge is 0.404 e. The number of hydrogen-bond donors (Lipinski definition) is 3. The summed E-state index contributed by atoms with van der Waals surface area (Å²) >= 11 is 0. The van der Waals surface area contributed by atoms with Gasteiger partial charge in [0.25, 0.3) is 5.91 Å². The van der Waals surface area contributed by atoms with E-state index in [1.807, 2.05) is 52.0 Å². The van der Waals surface area contributed by atoms with Crippen LogP contribution in [0, 0.1) is 0 Å². The highest BCUT2D eigenvalue weighted by molar-refractivity contribution is 5.96. The molecule has 0 spiro atoms. The summed E-state index contributed by atoms with van der Waals surface area (Å²) in [5.41, 5.74) is 13.9. The van der Waals surface area contributed by atoms with E-state index in [9.17, 15) is 9.59 Å². The van der Waals surface area contributed by atoms with Crippen LogP contribution < -0.4 is 16.8 Å². The average Bonchev–Trinajstić information content (AvgIpc) is 2.65. The van der Waals surface area contributed by atoms with E-state index < -0.39 is 12.0 Å². The molecule has 0 bridgehead atoms. The third kappa shape index (κ3) is 5.18. The number of amides is 2. The first-order chi connectivity index (χ1) is 13.2. The monoisotopic (exact) mass is 385 g/mol. The maximum atomic E-state index is 11.9. The molecule has 2 rings (SSSR count). The molecular formula is C20H27N5O3. The van der Waals surface area contributed by atoms with E-state index in [-0.39, 0.29) is 24.1 Å². The standard InChI is InChI=1S/C20H27N5O3/c1-5-15-16(11(2)3)25-19(17(24-15)18(21)26)23-14-8-6-7-13(9-14)12(4)10-28-20(22)27/h6-9,11-12H,5,10H2,1-4H3,(H2,21,26)(H2,22,27)(H,23,25)/t12-/m0/s1. The molecule has 0 saturated heterocycles. The van der Waals surface area contributed by atoms with Crippen molar-refractivity contribution in [3.63, 3.8) is 0 Å². The van der Waals surface area contributed by atoms with E-state index in [2.05, 4.69) is 15.3 Å². The highest BCUT2D eigenvalue weighted by atomic mass is 16.5. The van der Waals surface area contributed by atoms with E-state index in [1.165, 1.54) is 0 Å². The fraction of sp³-hybridized carbons (Fsp3) is 0.400. The number of ether oxygens (including phenoxy) is 1. The second-order valence-electron chi connectivity index (χ2n) is 6.91. The van der Waals surface area contributed by atoms with Crippen molar-refractivity contribution in [3.05, 3.63) is 46.9 Å². The quantitative estimate of drug-likeness (QED) is 0.639. The normalized spacial score (nSPS) is 11.9. The Morgan fingerprint density at radius 3 is 2.46 bits per heavy atom. The third-order valence-corrected chi connectivity index (χ3v) is 4.31. The fourth-order valence-electron chi connectivity index (χ4n) is 2.83. The minimum Gasteiger partial charge on any atom is -0.449 e.